The van der Waals surface area contributed by atoms with Crippen LogP contribution in [0.1, 0.15) is 0 Å². The van der Waals surface area contributed by atoms with Gasteiger partial charge in [0, 0.05) is 0 Å². The molecule has 13 heavy (non-hydrogen) atoms. The van der Waals surface area contributed by atoms with E-state index < -0.39 is 18.2 Å². The standard InChI is InChI=1S/Ca.3Na.H3O7PS.5H/c;;;;1-8(2,3)7-9(4,5)6;;;;;/h;;;;(H2,1,2,3)(H,4,5,6);;;;;. The molecule has 7 nitrogen and oxygen atoms in total. The summed E-state index contributed by atoms with van der Waals surface area (Å²) in [6.45, 7) is 0. The van der Waals surface area contributed by atoms with Crippen LogP contribution in [0.15, 0.2) is 0 Å². The summed E-state index contributed by atoms with van der Waals surface area (Å²) < 4.78 is 39.0. The summed E-state index contributed by atoms with van der Waals surface area (Å²) in [7, 11) is -10.2. The van der Waals surface area contributed by atoms with Crippen molar-refractivity contribution in [2.45, 2.75) is 0 Å². The summed E-state index contributed by atoms with van der Waals surface area (Å²) in [6.07, 6.45) is 0. The fraction of sp³-hybridized carbons (Fsp3) is 0. The van der Waals surface area contributed by atoms with E-state index in [1.54, 1.807) is 0 Å². The summed E-state index contributed by atoms with van der Waals surface area (Å²) >= 11 is 0. The SMILES string of the molecule is O=P(O)(O)OS(=O)(=O)O.[CaH2].[NaH].[NaH].[NaH]. The molecule has 3 N–H and O–H groups in total. The van der Waals surface area contributed by atoms with Crippen LogP contribution in [0.4, 0.5) is 0 Å². The maximum absolute atomic E-state index is 9.58. The van der Waals surface area contributed by atoms with E-state index in [9.17, 15) is 13.0 Å². The van der Waals surface area contributed by atoms with Gasteiger partial charge < -0.3 is 9.79 Å². The second-order valence-electron chi connectivity index (χ2n) is 0.993. The van der Waals surface area contributed by atoms with Crippen LogP contribution in [0.25, 0.3) is 0 Å². The van der Waals surface area contributed by atoms with Crippen molar-refractivity contribution in [3.05, 3.63) is 0 Å². The third-order valence-electron chi connectivity index (χ3n) is 0.191. The average Bonchev–Trinajstić information content (AvgIpc) is 1.14. The van der Waals surface area contributed by atoms with Crippen molar-refractivity contribution < 1.29 is 31.3 Å². The van der Waals surface area contributed by atoms with E-state index in [0.29, 0.717) is 0 Å². The zero-order valence-electron chi connectivity index (χ0n) is 3.83. The molecule has 0 unspecified atom stereocenters. The van der Waals surface area contributed by atoms with Gasteiger partial charge in [-0.15, -0.1) is 3.97 Å². The third kappa shape index (κ3) is 31.4. The molecular formula is H8CaNa3O7PS. The van der Waals surface area contributed by atoms with E-state index in [-0.39, 0.29) is 126 Å². The molecule has 0 radical (unpaired) electrons. The normalized spacial score (nSPS) is 9.46. The first-order chi connectivity index (χ1) is 3.71. The number of phosphoric acid groups is 1. The fourth-order valence-corrected chi connectivity index (χ4v) is 1.10. The molecule has 0 rings (SSSR count). The van der Waals surface area contributed by atoms with E-state index in [0.717, 1.165) is 0 Å². The Hall–Kier alpha value is 4.28. The van der Waals surface area contributed by atoms with Crippen molar-refractivity contribution in [3.63, 3.8) is 0 Å². The Bertz CT molecular complexity index is 230. The summed E-state index contributed by atoms with van der Waals surface area (Å²) in [5, 5.41) is 0. The number of hydrogen-bond donors (Lipinski definition) is 3. The van der Waals surface area contributed by atoms with Gasteiger partial charge in [0.2, 0.25) is 0 Å². The zero-order chi connectivity index (χ0) is 7.71. The van der Waals surface area contributed by atoms with E-state index in [1.165, 1.54) is 0 Å². The van der Waals surface area contributed by atoms with Crippen LogP contribution in [-0.4, -0.2) is 149 Å². The predicted molar refractivity (Wildman–Crippen MR) is 54.7 cm³/mol. The van der Waals surface area contributed by atoms with Crippen molar-refractivity contribution in [2.24, 2.45) is 0 Å². The van der Waals surface area contributed by atoms with Crippen LogP contribution in [-0.2, 0) is 18.9 Å². The van der Waals surface area contributed by atoms with Crippen molar-refractivity contribution in [1.29, 1.82) is 0 Å². The Balaban J connectivity index is -0.0000000533. The molecule has 0 bridgehead atoms. The van der Waals surface area contributed by atoms with Gasteiger partial charge in [0.25, 0.3) is 0 Å². The molecule has 0 saturated carbocycles. The van der Waals surface area contributed by atoms with Crippen molar-refractivity contribution in [2.75, 3.05) is 0 Å². The molecule has 0 amide bonds. The summed E-state index contributed by atoms with van der Waals surface area (Å²) in [5.74, 6) is 0. The van der Waals surface area contributed by atoms with Crippen LogP contribution >= 0.6 is 7.82 Å². The molecule has 0 aromatic heterocycles. The van der Waals surface area contributed by atoms with E-state index in [1.807, 2.05) is 0 Å². The molecule has 0 spiro atoms. The predicted octanol–water partition coefficient (Wildman–Crippen LogP) is -3.96. The Labute approximate surface area is 172 Å². The van der Waals surface area contributed by atoms with Gasteiger partial charge in [-0.25, -0.2) is 4.57 Å². The third-order valence-corrected chi connectivity index (χ3v) is 1.72. The van der Waals surface area contributed by atoms with Gasteiger partial charge in [0.05, 0.1) is 0 Å². The fourth-order valence-electron chi connectivity index (χ4n) is 0.123. The molecule has 0 saturated heterocycles. The maximum atomic E-state index is 9.58. The minimum absolute atomic E-state index is 0. The molecule has 0 fully saturated rings. The van der Waals surface area contributed by atoms with Gasteiger partial charge >= 0.3 is 145 Å². The minimum atomic E-state index is -5.13. The first-order valence-corrected chi connectivity index (χ1v) is 4.34. The van der Waals surface area contributed by atoms with Crippen LogP contribution in [0, 0.1) is 0 Å². The number of hydrogen-bond acceptors (Lipinski definition) is 4. The van der Waals surface area contributed by atoms with Crippen molar-refractivity contribution in [1.82, 2.24) is 0 Å². The first kappa shape index (κ1) is 30.4. The topological polar surface area (TPSA) is 121 Å². The molecule has 0 heterocycles. The Morgan fingerprint density at radius 3 is 1.31 bits per heavy atom. The molecule has 0 aliphatic heterocycles. The second kappa shape index (κ2) is 12.7. The first-order valence-electron chi connectivity index (χ1n) is 1.45. The zero-order valence-corrected chi connectivity index (χ0v) is 5.54. The average molecular weight is 292 g/mol. The quantitative estimate of drug-likeness (QED) is 0.270. The van der Waals surface area contributed by atoms with E-state index >= 15 is 0 Å². The molecule has 0 aliphatic rings. The molecule has 66 valence electrons. The van der Waals surface area contributed by atoms with Crippen LogP contribution < -0.4 is 0 Å². The summed E-state index contributed by atoms with van der Waals surface area (Å²) in [5.41, 5.74) is 0. The molecule has 0 aliphatic carbocycles. The summed E-state index contributed by atoms with van der Waals surface area (Å²) in [4.78, 5) is 15.4. The van der Waals surface area contributed by atoms with E-state index in [4.69, 9.17) is 14.3 Å². The van der Waals surface area contributed by atoms with Gasteiger partial charge in [0.15, 0.2) is 0 Å². The second-order valence-corrected chi connectivity index (χ2v) is 3.43. The van der Waals surface area contributed by atoms with Gasteiger partial charge in [-0.2, -0.15) is 8.42 Å². The Kier molecular flexibility index (Phi) is 29.7. The molecular weight excluding hydrogens is 284 g/mol. The molecule has 0 atom stereocenters. The summed E-state index contributed by atoms with van der Waals surface area (Å²) in [6, 6.07) is 0. The van der Waals surface area contributed by atoms with Crippen LogP contribution in [0.2, 0.25) is 0 Å². The monoisotopic (exact) mass is 292 g/mol. The van der Waals surface area contributed by atoms with E-state index in [2.05, 4.69) is 3.97 Å². The molecule has 0 aromatic rings. The number of rotatable bonds is 2. The molecule has 13 heteroatoms. The van der Waals surface area contributed by atoms with Crippen molar-refractivity contribution in [3.8, 4) is 0 Å². The van der Waals surface area contributed by atoms with Gasteiger partial charge in [0.1, 0.15) is 0 Å². The molecule has 0 aromatic carbocycles. The van der Waals surface area contributed by atoms with Gasteiger partial charge in [-0.3, -0.25) is 4.55 Å². The van der Waals surface area contributed by atoms with Gasteiger partial charge in [-0.05, 0) is 0 Å². The Morgan fingerprint density at radius 1 is 1.08 bits per heavy atom. The van der Waals surface area contributed by atoms with Crippen LogP contribution in [0.5, 0.6) is 0 Å². The van der Waals surface area contributed by atoms with Crippen molar-refractivity contribution >= 4 is 145 Å². The van der Waals surface area contributed by atoms with Gasteiger partial charge in [-0.1, -0.05) is 0 Å². The Morgan fingerprint density at radius 2 is 1.31 bits per heavy atom. The van der Waals surface area contributed by atoms with Crippen LogP contribution in [0.3, 0.4) is 0 Å².